The molecule has 122 valence electrons. The highest BCUT2D eigenvalue weighted by molar-refractivity contribution is 7.92. The van der Waals surface area contributed by atoms with Crippen LogP contribution >= 0.6 is 0 Å². The van der Waals surface area contributed by atoms with Crippen LogP contribution < -0.4 is 20.3 Å². The summed E-state index contributed by atoms with van der Waals surface area (Å²) in [4.78, 5) is 11.8. The van der Waals surface area contributed by atoms with Crippen LogP contribution in [-0.4, -0.2) is 28.0 Å². The second kappa shape index (κ2) is 7.12. The highest BCUT2D eigenvalue weighted by Crippen LogP contribution is 2.31. The van der Waals surface area contributed by atoms with Crippen LogP contribution in [0.3, 0.4) is 0 Å². The van der Waals surface area contributed by atoms with Gasteiger partial charge in [-0.2, -0.15) is 0 Å². The fraction of sp³-hybridized carbons (Fsp3) is 0.133. The second-order valence-corrected chi connectivity index (χ2v) is 6.43. The third kappa shape index (κ3) is 3.61. The van der Waals surface area contributed by atoms with Gasteiger partial charge in [-0.15, -0.1) is 0 Å². The number of para-hydroxylation sites is 2. The van der Waals surface area contributed by atoms with E-state index in [2.05, 4.69) is 0 Å². The van der Waals surface area contributed by atoms with Gasteiger partial charge in [0.1, 0.15) is 12.3 Å². The third-order valence-electron chi connectivity index (χ3n) is 3.13. The van der Waals surface area contributed by atoms with Crippen molar-refractivity contribution in [2.24, 2.45) is 5.84 Å². The number of nitrogens with zero attached hydrogens (tertiary/aromatic N) is 1. The first-order chi connectivity index (χ1) is 11.0. The molecule has 0 radical (unpaired) electrons. The average Bonchev–Trinajstić information content (AvgIpc) is 2.60. The summed E-state index contributed by atoms with van der Waals surface area (Å²) >= 11 is 0. The summed E-state index contributed by atoms with van der Waals surface area (Å²) in [6.07, 6.45) is 0. The molecule has 0 aliphatic heterocycles. The number of hydrogen-bond donors (Lipinski definition) is 2. The van der Waals surface area contributed by atoms with Gasteiger partial charge in [-0.05, 0) is 24.3 Å². The van der Waals surface area contributed by atoms with E-state index in [-0.39, 0.29) is 10.6 Å². The van der Waals surface area contributed by atoms with Crippen molar-refractivity contribution in [2.45, 2.75) is 4.90 Å². The van der Waals surface area contributed by atoms with Gasteiger partial charge in [-0.1, -0.05) is 30.3 Å². The number of carbonyl (C=O) groups excluding carboxylic acids is 1. The van der Waals surface area contributed by atoms with Crippen molar-refractivity contribution in [2.75, 3.05) is 18.0 Å². The fourth-order valence-electron chi connectivity index (χ4n) is 2.03. The number of rotatable bonds is 6. The number of anilines is 1. The Bertz CT molecular complexity index is 778. The van der Waals surface area contributed by atoms with Gasteiger partial charge in [-0.25, -0.2) is 14.3 Å². The molecule has 0 saturated carbocycles. The third-order valence-corrected chi connectivity index (χ3v) is 4.91. The molecule has 0 atom stereocenters. The van der Waals surface area contributed by atoms with E-state index in [1.165, 1.54) is 19.2 Å². The highest BCUT2D eigenvalue weighted by atomic mass is 32.2. The Balaban J connectivity index is 2.57. The molecule has 2 aromatic rings. The summed E-state index contributed by atoms with van der Waals surface area (Å²) in [6.45, 7) is -0.464. The number of hydrogen-bond acceptors (Lipinski definition) is 5. The molecule has 0 spiro atoms. The maximum absolute atomic E-state index is 12.9. The molecular weight excluding hydrogens is 318 g/mol. The Morgan fingerprint density at radius 2 is 1.74 bits per heavy atom. The minimum Gasteiger partial charge on any atom is -0.495 e. The summed E-state index contributed by atoms with van der Waals surface area (Å²) in [5.74, 6) is 4.79. The first-order valence-corrected chi connectivity index (χ1v) is 8.15. The van der Waals surface area contributed by atoms with Crippen molar-refractivity contribution in [1.29, 1.82) is 0 Å². The number of benzene rings is 2. The molecule has 0 saturated heterocycles. The molecule has 0 aliphatic carbocycles. The van der Waals surface area contributed by atoms with Crippen molar-refractivity contribution in [3.8, 4) is 5.75 Å². The Labute approximate surface area is 134 Å². The number of amides is 1. The molecule has 7 nitrogen and oxygen atoms in total. The maximum Gasteiger partial charge on any atom is 0.264 e. The molecule has 8 heteroatoms. The summed E-state index contributed by atoms with van der Waals surface area (Å²) in [6, 6.07) is 14.4. The van der Waals surface area contributed by atoms with Crippen LogP contribution in [0.5, 0.6) is 5.75 Å². The predicted molar refractivity (Wildman–Crippen MR) is 86.3 cm³/mol. The van der Waals surface area contributed by atoms with Crippen molar-refractivity contribution in [1.82, 2.24) is 5.43 Å². The summed E-state index contributed by atoms with van der Waals surface area (Å²) < 4.78 is 32.0. The molecule has 1 amide bonds. The number of nitrogens with two attached hydrogens (primary N) is 1. The molecule has 2 aromatic carbocycles. The monoisotopic (exact) mass is 335 g/mol. The average molecular weight is 335 g/mol. The van der Waals surface area contributed by atoms with E-state index >= 15 is 0 Å². The number of nitrogens with one attached hydrogen (secondary N) is 1. The Morgan fingerprint density at radius 3 is 2.35 bits per heavy atom. The molecule has 0 aliphatic rings. The Hall–Kier alpha value is -2.58. The smallest absolute Gasteiger partial charge is 0.264 e. The van der Waals surface area contributed by atoms with E-state index in [1.807, 2.05) is 5.43 Å². The SMILES string of the molecule is COc1ccccc1N(CC(=O)NN)S(=O)(=O)c1ccccc1. The molecule has 0 aromatic heterocycles. The van der Waals surface area contributed by atoms with Crippen molar-refractivity contribution in [3.63, 3.8) is 0 Å². The number of carbonyl (C=O) groups is 1. The van der Waals surface area contributed by atoms with Crippen molar-refractivity contribution >= 4 is 21.6 Å². The largest absolute Gasteiger partial charge is 0.495 e. The molecule has 0 bridgehead atoms. The normalized spacial score (nSPS) is 10.9. The van der Waals surface area contributed by atoms with Crippen LogP contribution in [0, 0.1) is 0 Å². The number of methoxy groups -OCH3 is 1. The molecule has 23 heavy (non-hydrogen) atoms. The van der Waals surface area contributed by atoms with Crippen molar-refractivity contribution < 1.29 is 17.9 Å². The Morgan fingerprint density at radius 1 is 1.13 bits per heavy atom. The molecule has 3 N–H and O–H groups in total. The summed E-state index contributed by atoms with van der Waals surface area (Å²) in [7, 11) is -2.53. The fourth-order valence-corrected chi connectivity index (χ4v) is 3.48. The minimum atomic E-state index is -3.95. The van der Waals surface area contributed by atoms with E-state index in [4.69, 9.17) is 10.6 Å². The summed E-state index contributed by atoms with van der Waals surface area (Å²) in [5.41, 5.74) is 2.19. The second-order valence-electron chi connectivity index (χ2n) is 4.56. The first kappa shape index (κ1) is 16.8. The lowest BCUT2D eigenvalue weighted by molar-refractivity contribution is -0.119. The van der Waals surface area contributed by atoms with E-state index in [1.54, 1.807) is 42.5 Å². The van der Waals surface area contributed by atoms with Gasteiger partial charge in [0, 0.05) is 0 Å². The quantitative estimate of drug-likeness (QED) is 0.463. The lowest BCUT2D eigenvalue weighted by Gasteiger charge is -2.25. The van der Waals surface area contributed by atoms with Gasteiger partial charge < -0.3 is 4.74 Å². The first-order valence-electron chi connectivity index (χ1n) is 6.71. The van der Waals surface area contributed by atoms with Gasteiger partial charge in [-0.3, -0.25) is 14.5 Å². The van der Waals surface area contributed by atoms with Crippen LogP contribution in [0.15, 0.2) is 59.5 Å². The van der Waals surface area contributed by atoms with Gasteiger partial charge in [0.05, 0.1) is 17.7 Å². The zero-order valence-electron chi connectivity index (χ0n) is 12.5. The van der Waals surface area contributed by atoms with Crippen LogP contribution in [0.4, 0.5) is 5.69 Å². The zero-order valence-corrected chi connectivity index (χ0v) is 13.3. The molecule has 0 heterocycles. The Kier molecular flexibility index (Phi) is 5.20. The topological polar surface area (TPSA) is 102 Å². The molecular formula is C15H17N3O4S. The molecule has 2 rings (SSSR count). The number of sulfonamides is 1. The van der Waals surface area contributed by atoms with Crippen molar-refractivity contribution in [3.05, 3.63) is 54.6 Å². The van der Waals surface area contributed by atoms with E-state index in [0.29, 0.717) is 5.75 Å². The van der Waals surface area contributed by atoms with E-state index in [0.717, 1.165) is 4.31 Å². The zero-order chi connectivity index (χ0) is 16.9. The minimum absolute atomic E-state index is 0.0655. The molecule has 0 unspecified atom stereocenters. The lowest BCUT2D eigenvalue weighted by atomic mass is 10.3. The standard InChI is InChI=1S/C15H17N3O4S/c1-22-14-10-6-5-9-13(14)18(11-15(19)17-16)23(20,21)12-7-3-2-4-8-12/h2-10H,11,16H2,1H3,(H,17,19). The van der Waals surface area contributed by atoms with Gasteiger partial charge >= 0.3 is 0 Å². The van der Waals surface area contributed by atoms with Crippen LogP contribution in [0.2, 0.25) is 0 Å². The lowest BCUT2D eigenvalue weighted by Crippen LogP contribution is -2.43. The van der Waals surface area contributed by atoms with E-state index < -0.39 is 22.5 Å². The van der Waals surface area contributed by atoms with Gasteiger partial charge in [0.2, 0.25) is 0 Å². The summed E-state index contributed by atoms with van der Waals surface area (Å²) in [5, 5.41) is 0. The highest BCUT2D eigenvalue weighted by Gasteiger charge is 2.28. The maximum atomic E-state index is 12.9. The number of ether oxygens (including phenoxy) is 1. The number of hydrazine groups is 1. The van der Waals surface area contributed by atoms with Crippen LogP contribution in [-0.2, 0) is 14.8 Å². The van der Waals surface area contributed by atoms with Gasteiger partial charge in [0.25, 0.3) is 15.9 Å². The van der Waals surface area contributed by atoms with Crippen LogP contribution in [0.1, 0.15) is 0 Å². The van der Waals surface area contributed by atoms with E-state index in [9.17, 15) is 13.2 Å². The predicted octanol–water partition coefficient (Wildman–Crippen LogP) is 0.880. The van der Waals surface area contributed by atoms with Gasteiger partial charge in [0.15, 0.2) is 0 Å². The van der Waals surface area contributed by atoms with Crippen LogP contribution in [0.25, 0.3) is 0 Å². The molecule has 0 fully saturated rings.